The van der Waals surface area contributed by atoms with Crippen LogP contribution in [0.3, 0.4) is 0 Å². The zero-order valence-corrected chi connectivity index (χ0v) is 9.28. The average Bonchev–Trinajstić information content (AvgIpc) is 2.26. The number of hydrogen-bond acceptors (Lipinski definition) is 4. The second kappa shape index (κ2) is 4.96. The van der Waals surface area contributed by atoms with Crippen molar-refractivity contribution >= 4 is 11.9 Å². The van der Waals surface area contributed by atoms with Crippen LogP contribution in [0.4, 0.5) is 0 Å². The standard InChI is InChI=1S/C11H16O4/c1-7-4-5-8(10(12)14-2)9(6-7)11(13)15-3/h4,8-9H,5-6H2,1-3H3/t8-,9-/m0/s1. The molecule has 0 bridgehead atoms. The van der Waals surface area contributed by atoms with Crippen LogP contribution in [0.25, 0.3) is 0 Å². The fourth-order valence-electron chi connectivity index (χ4n) is 1.88. The van der Waals surface area contributed by atoms with Crippen LogP contribution >= 0.6 is 0 Å². The molecule has 0 aromatic rings. The summed E-state index contributed by atoms with van der Waals surface area (Å²) in [6, 6.07) is 0. The Kier molecular flexibility index (Phi) is 3.88. The monoisotopic (exact) mass is 212 g/mol. The highest BCUT2D eigenvalue weighted by atomic mass is 16.5. The molecule has 0 heterocycles. The topological polar surface area (TPSA) is 52.6 Å². The number of carbonyl (C=O) groups is 2. The zero-order chi connectivity index (χ0) is 11.4. The van der Waals surface area contributed by atoms with Crippen LogP contribution in [0.1, 0.15) is 19.8 Å². The third kappa shape index (κ3) is 2.58. The number of rotatable bonds is 2. The second-order valence-electron chi connectivity index (χ2n) is 3.75. The average molecular weight is 212 g/mol. The van der Waals surface area contributed by atoms with Gasteiger partial charge in [-0.3, -0.25) is 9.59 Å². The van der Waals surface area contributed by atoms with E-state index in [1.807, 2.05) is 13.0 Å². The summed E-state index contributed by atoms with van der Waals surface area (Å²) in [7, 11) is 2.67. The van der Waals surface area contributed by atoms with Gasteiger partial charge in [-0.1, -0.05) is 11.6 Å². The van der Waals surface area contributed by atoms with Crippen molar-refractivity contribution in [1.29, 1.82) is 0 Å². The van der Waals surface area contributed by atoms with E-state index in [2.05, 4.69) is 9.47 Å². The summed E-state index contributed by atoms with van der Waals surface area (Å²) in [5, 5.41) is 0. The molecule has 0 N–H and O–H groups in total. The maximum absolute atomic E-state index is 11.5. The largest absolute Gasteiger partial charge is 0.469 e. The van der Waals surface area contributed by atoms with E-state index in [4.69, 9.17) is 0 Å². The van der Waals surface area contributed by atoms with Crippen molar-refractivity contribution in [3.05, 3.63) is 11.6 Å². The molecule has 0 radical (unpaired) electrons. The second-order valence-corrected chi connectivity index (χ2v) is 3.75. The van der Waals surface area contributed by atoms with E-state index in [1.165, 1.54) is 14.2 Å². The van der Waals surface area contributed by atoms with Crippen molar-refractivity contribution in [2.45, 2.75) is 19.8 Å². The van der Waals surface area contributed by atoms with Crippen molar-refractivity contribution in [1.82, 2.24) is 0 Å². The molecule has 0 fully saturated rings. The molecule has 2 atom stereocenters. The first-order valence-corrected chi connectivity index (χ1v) is 4.91. The fourth-order valence-corrected chi connectivity index (χ4v) is 1.88. The van der Waals surface area contributed by atoms with E-state index in [0.717, 1.165) is 5.57 Å². The smallest absolute Gasteiger partial charge is 0.309 e. The molecule has 0 aromatic heterocycles. The Bertz CT molecular complexity index is 293. The number of methoxy groups -OCH3 is 2. The Morgan fingerprint density at radius 3 is 2.27 bits per heavy atom. The first-order chi connectivity index (χ1) is 7.10. The van der Waals surface area contributed by atoms with E-state index in [-0.39, 0.29) is 11.9 Å². The number of hydrogen-bond donors (Lipinski definition) is 0. The first-order valence-electron chi connectivity index (χ1n) is 4.91. The fraction of sp³-hybridized carbons (Fsp3) is 0.636. The van der Waals surface area contributed by atoms with E-state index >= 15 is 0 Å². The molecule has 4 heteroatoms. The Labute approximate surface area is 89.2 Å². The molecule has 0 saturated carbocycles. The quantitative estimate of drug-likeness (QED) is 0.511. The van der Waals surface area contributed by atoms with Crippen molar-refractivity contribution in [2.75, 3.05) is 14.2 Å². The summed E-state index contributed by atoms with van der Waals surface area (Å²) in [6.45, 7) is 1.95. The summed E-state index contributed by atoms with van der Waals surface area (Å²) in [5.41, 5.74) is 1.12. The third-order valence-electron chi connectivity index (χ3n) is 2.76. The van der Waals surface area contributed by atoms with Gasteiger partial charge < -0.3 is 9.47 Å². The van der Waals surface area contributed by atoms with Crippen LogP contribution in [0, 0.1) is 11.8 Å². The van der Waals surface area contributed by atoms with Crippen molar-refractivity contribution < 1.29 is 19.1 Å². The SMILES string of the molecule is COC(=O)[C@H]1CC=C(C)C[C@@H]1C(=O)OC. The minimum absolute atomic E-state index is 0.335. The lowest BCUT2D eigenvalue weighted by atomic mass is 9.80. The van der Waals surface area contributed by atoms with Crippen LogP contribution in [-0.2, 0) is 19.1 Å². The Balaban J connectivity index is 2.84. The minimum atomic E-state index is -0.397. The molecule has 0 spiro atoms. The van der Waals surface area contributed by atoms with Gasteiger partial charge >= 0.3 is 11.9 Å². The van der Waals surface area contributed by atoms with Gasteiger partial charge in [0.05, 0.1) is 26.1 Å². The molecule has 4 nitrogen and oxygen atoms in total. The predicted octanol–water partition coefficient (Wildman–Crippen LogP) is 1.30. The molecule has 0 amide bonds. The van der Waals surface area contributed by atoms with E-state index in [0.29, 0.717) is 12.8 Å². The van der Waals surface area contributed by atoms with E-state index in [9.17, 15) is 9.59 Å². The van der Waals surface area contributed by atoms with E-state index in [1.54, 1.807) is 0 Å². The lowest BCUT2D eigenvalue weighted by molar-refractivity contribution is -0.157. The highest BCUT2D eigenvalue weighted by molar-refractivity contribution is 5.82. The summed E-state index contributed by atoms with van der Waals surface area (Å²) in [5.74, 6) is -1.47. The summed E-state index contributed by atoms with van der Waals surface area (Å²) >= 11 is 0. The molecular weight excluding hydrogens is 196 g/mol. The van der Waals surface area contributed by atoms with Crippen molar-refractivity contribution in [3.8, 4) is 0 Å². The molecular formula is C11H16O4. The van der Waals surface area contributed by atoms with Gasteiger partial charge in [-0.25, -0.2) is 0 Å². The highest BCUT2D eigenvalue weighted by Gasteiger charge is 2.36. The zero-order valence-electron chi connectivity index (χ0n) is 9.28. The molecule has 1 aliphatic rings. The first kappa shape index (κ1) is 11.8. The van der Waals surface area contributed by atoms with Crippen LogP contribution in [0.5, 0.6) is 0 Å². The van der Waals surface area contributed by atoms with Gasteiger partial charge in [0.2, 0.25) is 0 Å². The Morgan fingerprint density at radius 1 is 1.20 bits per heavy atom. The minimum Gasteiger partial charge on any atom is -0.469 e. The summed E-state index contributed by atoms with van der Waals surface area (Å²) in [4.78, 5) is 22.9. The predicted molar refractivity (Wildman–Crippen MR) is 54.0 cm³/mol. The van der Waals surface area contributed by atoms with Crippen molar-refractivity contribution in [2.24, 2.45) is 11.8 Å². The molecule has 1 aliphatic carbocycles. The van der Waals surface area contributed by atoms with Gasteiger partial charge in [-0.05, 0) is 19.8 Å². The van der Waals surface area contributed by atoms with Gasteiger partial charge in [0.25, 0.3) is 0 Å². The van der Waals surface area contributed by atoms with Gasteiger partial charge in [0.1, 0.15) is 0 Å². The van der Waals surface area contributed by atoms with E-state index < -0.39 is 11.8 Å². The van der Waals surface area contributed by atoms with Crippen LogP contribution < -0.4 is 0 Å². The molecule has 0 unspecified atom stereocenters. The maximum Gasteiger partial charge on any atom is 0.309 e. The third-order valence-corrected chi connectivity index (χ3v) is 2.76. The number of carbonyl (C=O) groups excluding carboxylic acids is 2. The molecule has 84 valence electrons. The number of ether oxygens (including phenoxy) is 2. The molecule has 1 rings (SSSR count). The molecule has 0 aromatic carbocycles. The lowest BCUT2D eigenvalue weighted by Gasteiger charge is -2.26. The van der Waals surface area contributed by atoms with Crippen LogP contribution in [-0.4, -0.2) is 26.2 Å². The highest BCUT2D eigenvalue weighted by Crippen LogP contribution is 2.31. The molecule has 0 saturated heterocycles. The maximum atomic E-state index is 11.5. The Hall–Kier alpha value is -1.32. The van der Waals surface area contributed by atoms with Gasteiger partial charge in [-0.15, -0.1) is 0 Å². The van der Waals surface area contributed by atoms with Gasteiger partial charge in [-0.2, -0.15) is 0 Å². The van der Waals surface area contributed by atoms with Crippen LogP contribution in [0.2, 0.25) is 0 Å². The summed E-state index contributed by atoms with van der Waals surface area (Å²) in [6.07, 6.45) is 3.10. The number of esters is 2. The van der Waals surface area contributed by atoms with Gasteiger partial charge in [0, 0.05) is 0 Å². The molecule has 15 heavy (non-hydrogen) atoms. The lowest BCUT2D eigenvalue weighted by Crippen LogP contribution is -2.33. The van der Waals surface area contributed by atoms with Gasteiger partial charge in [0.15, 0.2) is 0 Å². The normalized spacial score (nSPS) is 25.4. The number of allylic oxidation sites excluding steroid dienone is 2. The summed E-state index contributed by atoms with van der Waals surface area (Å²) < 4.78 is 9.36. The van der Waals surface area contributed by atoms with Crippen molar-refractivity contribution in [3.63, 3.8) is 0 Å². The molecule has 0 aliphatic heterocycles. The Morgan fingerprint density at radius 2 is 1.73 bits per heavy atom. The van der Waals surface area contributed by atoms with Crippen LogP contribution in [0.15, 0.2) is 11.6 Å².